The summed E-state index contributed by atoms with van der Waals surface area (Å²) in [6, 6.07) is 0. The van der Waals surface area contributed by atoms with Crippen molar-refractivity contribution in [1.29, 1.82) is 0 Å². The highest BCUT2D eigenvalue weighted by atomic mass is 32.2. The minimum Gasteiger partial charge on any atom is -0.339 e. The van der Waals surface area contributed by atoms with Crippen molar-refractivity contribution < 1.29 is 9.32 Å². The molecule has 0 spiro atoms. The molecule has 1 amide bonds. The molecule has 0 atom stereocenters. The van der Waals surface area contributed by atoms with Gasteiger partial charge in [0, 0.05) is 19.0 Å². The molecule has 1 aliphatic heterocycles. The number of hydrogen-bond donors (Lipinski definition) is 1. The van der Waals surface area contributed by atoms with Crippen LogP contribution in [0, 0.1) is 0 Å². The molecule has 10 heteroatoms. The lowest BCUT2D eigenvalue weighted by atomic mass is 10.0. The third kappa shape index (κ3) is 3.60. The largest absolute Gasteiger partial charge is 0.339 e. The quantitative estimate of drug-likeness (QED) is 0.587. The van der Waals surface area contributed by atoms with Crippen LogP contribution in [-0.4, -0.2) is 56.5 Å². The van der Waals surface area contributed by atoms with Gasteiger partial charge in [-0.15, -0.1) is 10.2 Å². The van der Waals surface area contributed by atoms with E-state index in [0.29, 0.717) is 23.5 Å². The van der Waals surface area contributed by atoms with Gasteiger partial charge in [0.25, 0.3) is 0 Å². The molecule has 4 rings (SSSR count). The summed E-state index contributed by atoms with van der Waals surface area (Å²) in [6.45, 7) is 3.94. The Labute approximate surface area is 147 Å². The molecule has 0 unspecified atom stereocenters. The highest BCUT2D eigenvalue weighted by Gasteiger charge is 2.35. The van der Waals surface area contributed by atoms with Gasteiger partial charge < -0.3 is 4.52 Å². The molecule has 24 heavy (non-hydrogen) atoms. The van der Waals surface area contributed by atoms with E-state index in [0.717, 1.165) is 29.0 Å². The van der Waals surface area contributed by atoms with Crippen LogP contribution in [0.5, 0.6) is 0 Å². The molecule has 0 bridgehead atoms. The Balaban J connectivity index is 1.22. The van der Waals surface area contributed by atoms with Crippen molar-refractivity contribution in [3.63, 3.8) is 0 Å². The molecule has 1 aliphatic carbocycles. The van der Waals surface area contributed by atoms with Crippen molar-refractivity contribution in [3.8, 4) is 0 Å². The van der Waals surface area contributed by atoms with Gasteiger partial charge in [-0.3, -0.25) is 15.0 Å². The Morgan fingerprint density at radius 1 is 1.38 bits per heavy atom. The molecule has 1 saturated carbocycles. The van der Waals surface area contributed by atoms with Gasteiger partial charge in [0.15, 0.2) is 10.2 Å². The number of rotatable bonds is 7. The maximum atomic E-state index is 12.1. The fraction of sp³-hybridized carbons (Fsp3) is 0.643. The Hall–Kier alpha value is -1.52. The third-order valence-corrected chi connectivity index (χ3v) is 5.85. The highest BCUT2D eigenvalue weighted by molar-refractivity contribution is 8.01. The van der Waals surface area contributed by atoms with Crippen LogP contribution in [0.25, 0.3) is 0 Å². The summed E-state index contributed by atoms with van der Waals surface area (Å²) in [5.41, 5.74) is 0. The van der Waals surface area contributed by atoms with Gasteiger partial charge in [0.1, 0.15) is 0 Å². The number of carbonyl (C=O) groups is 1. The lowest BCUT2D eigenvalue weighted by Gasteiger charge is -2.36. The zero-order chi connectivity index (χ0) is 16.5. The molecule has 3 heterocycles. The monoisotopic (exact) mass is 366 g/mol. The van der Waals surface area contributed by atoms with Crippen LogP contribution in [0.3, 0.4) is 0 Å². The molecule has 2 fully saturated rings. The SMILES string of the molecule is CCSc1nnc(NC(=O)CN2CC(c3nc(C4CC4)no3)C2)s1. The molecule has 0 aromatic carbocycles. The summed E-state index contributed by atoms with van der Waals surface area (Å²) in [5.74, 6) is 3.17. The minimum atomic E-state index is -0.0677. The van der Waals surface area contributed by atoms with Crippen LogP contribution in [0.4, 0.5) is 5.13 Å². The standard InChI is InChI=1S/C14H18N6O2S2/c1-2-23-14-18-17-13(24-14)15-10(21)7-20-5-9(6-20)12-16-11(19-22-12)8-3-4-8/h8-9H,2-7H2,1H3,(H,15,17,21). The Kier molecular flexibility index (Phi) is 4.51. The van der Waals surface area contributed by atoms with E-state index in [-0.39, 0.29) is 11.8 Å². The molecule has 128 valence electrons. The summed E-state index contributed by atoms with van der Waals surface area (Å²) < 4.78 is 6.21. The van der Waals surface area contributed by atoms with Crippen molar-refractivity contribution in [1.82, 2.24) is 25.2 Å². The Morgan fingerprint density at radius 3 is 2.96 bits per heavy atom. The molecule has 0 radical (unpaired) electrons. The van der Waals surface area contributed by atoms with E-state index >= 15 is 0 Å². The molecular weight excluding hydrogens is 348 g/mol. The van der Waals surface area contributed by atoms with Gasteiger partial charge in [-0.05, 0) is 18.6 Å². The lowest BCUT2D eigenvalue weighted by molar-refractivity contribution is -0.118. The van der Waals surface area contributed by atoms with Crippen LogP contribution < -0.4 is 5.32 Å². The van der Waals surface area contributed by atoms with Gasteiger partial charge in [0.2, 0.25) is 16.9 Å². The summed E-state index contributed by atoms with van der Waals surface area (Å²) in [6.07, 6.45) is 2.33. The minimum absolute atomic E-state index is 0.0677. The zero-order valence-corrected chi connectivity index (χ0v) is 14.9. The number of anilines is 1. The number of hydrogen-bond acceptors (Lipinski definition) is 9. The zero-order valence-electron chi connectivity index (χ0n) is 13.3. The molecule has 1 N–H and O–H groups in total. The van der Waals surface area contributed by atoms with Crippen molar-refractivity contribution in [2.24, 2.45) is 0 Å². The van der Waals surface area contributed by atoms with E-state index < -0.39 is 0 Å². The molecule has 1 saturated heterocycles. The molecular formula is C14H18N6O2S2. The predicted molar refractivity (Wildman–Crippen MR) is 90.4 cm³/mol. The maximum absolute atomic E-state index is 12.1. The van der Waals surface area contributed by atoms with Crippen LogP contribution in [0.1, 0.15) is 43.3 Å². The molecule has 8 nitrogen and oxygen atoms in total. The van der Waals surface area contributed by atoms with E-state index in [2.05, 4.69) is 37.5 Å². The Morgan fingerprint density at radius 2 is 2.21 bits per heavy atom. The summed E-state index contributed by atoms with van der Waals surface area (Å²) in [4.78, 5) is 18.6. The van der Waals surface area contributed by atoms with E-state index in [1.807, 2.05) is 0 Å². The van der Waals surface area contributed by atoms with Crippen LogP contribution in [-0.2, 0) is 4.79 Å². The average molecular weight is 366 g/mol. The predicted octanol–water partition coefficient (Wildman–Crippen LogP) is 1.95. The second-order valence-corrected chi connectivity index (χ2v) is 8.50. The number of carbonyl (C=O) groups excluding carboxylic acids is 1. The van der Waals surface area contributed by atoms with Crippen LogP contribution in [0.15, 0.2) is 8.86 Å². The average Bonchev–Trinajstić information content (AvgIpc) is 3.10. The summed E-state index contributed by atoms with van der Waals surface area (Å²) in [5, 5.41) is 15.4. The second-order valence-electron chi connectivity index (χ2n) is 6.01. The first-order valence-electron chi connectivity index (χ1n) is 8.03. The van der Waals surface area contributed by atoms with E-state index in [4.69, 9.17) is 4.52 Å². The number of amides is 1. The number of nitrogens with zero attached hydrogens (tertiary/aromatic N) is 5. The van der Waals surface area contributed by atoms with Gasteiger partial charge in [0.05, 0.1) is 12.5 Å². The first-order chi connectivity index (χ1) is 11.7. The van der Waals surface area contributed by atoms with Crippen molar-refractivity contribution >= 4 is 34.1 Å². The van der Waals surface area contributed by atoms with E-state index in [1.165, 1.54) is 24.2 Å². The second kappa shape index (κ2) is 6.77. The normalized spacial score (nSPS) is 18.5. The molecule has 2 aromatic rings. The number of likely N-dealkylation sites (tertiary alicyclic amines) is 1. The van der Waals surface area contributed by atoms with Gasteiger partial charge >= 0.3 is 0 Å². The van der Waals surface area contributed by atoms with Gasteiger partial charge in [-0.2, -0.15) is 4.98 Å². The van der Waals surface area contributed by atoms with Crippen molar-refractivity contribution in [3.05, 3.63) is 11.7 Å². The Bertz CT molecular complexity index is 722. The van der Waals surface area contributed by atoms with E-state index in [1.54, 1.807) is 11.8 Å². The van der Waals surface area contributed by atoms with Crippen LogP contribution in [0.2, 0.25) is 0 Å². The highest BCUT2D eigenvalue weighted by Crippen LogP contribution is 2.39. The van der Waals surface area contributed by atoms with Gasteiger partial charge in [-0.25, -0.2) is 0 Å². The summed E-state index contributed by atoms with van der Waals surface area (Å²) >= 11 is 3.02. The van der Waals surface area contributed by atoms with Gasteiger partial charge in [-0.1, -0.05) is 35.2 Å². The maximum Gasteiger partial charge on any atom is 0.240 e. The smallest absolute Gasteiger partial charge is 0.240 e. The van der Waals surface area contributed by atoms with Crippen molar-refractivity contribution in [2.75, 3.05) is 30.7 Å². The van der Waals surface area contributed by atoms with E-state index in [9.17, 15) is 4.79 Å². The topological polar surface area (TPSA) is 97.0 Å². The lowest BCUT2D eigenvalue weighted by Crippen LogP contribution is -2.48. The first kappa shape index (κ1) is 16.0. The fourth-order valence-electron chi connectivity index (χ4n) is 2.58. The fourth-order valence-corrected chi connectivity index (χ4v) is 4.24. The van der Waals surface area contributed by atoms with Crippen molar-refractivity contribution in [2.45, 2.75) is 35.9 Å². The molecule has 2 aliphatic rings. The third-order valence-electron chi connectivity index (χ3n) is 3.99. The number of thioether (sulfide) groups is 1. The number of nitrogens with one attached hydrogen (secondary N) is 1. The molecule has 2 aromatic heterocycles. The van der Waals surface area contributed by atoms with Crippen LogP contribution >= 0.6 is 23.1 Å². The summed E-state index contributed by atoms with van der Waals surface area (Å²) in [7, 11) is 0. The number of aromatic nitrogens is 4. The first-order valence-corrected chi connectivity index (χ1v) is 9.83.